The first-order valence-electron chi connectivity index (χ1n) is 9.20. The average molecular weight is 407 g/mol. The highest BCUT2D eigenvalue weighted by Gasteiger charge is 2.25. The topological polar surface area (TPSA) is 52.7 Å². The van der Waals surface area contributed by atoms with Crippen LogP contribution in [0.3, 0.4) is 0 Å². The van der Waals surface area contributed by atoms with E-state index in [9.17, 15) is 22.8 Å². The molecule has 0 saturated carbocycles. The number of amides is 2. The van der Waals surface area contributed by atoms with E-state index in [1.165, 1.54) is 4.90 Å². The number of benzene rings is 2. The summed E-state index contributed by atoms with van der Waals surface area (Å²) in [4.78, 5) is 28.1. The van der Waals surface area contributed by atoms with Gasteiger partial charge in [0.15, 0.2) is 17.5 Å². The second kappa shape index (κ2) is 10.1. The predicted molar refractivity (Wildman–Crippen MR) is 105 cm³/mol. The molecule has 0 aliphatic carbocycles. The SMILES string of the molecule is CCN(Cc1ccccc1)C(=O)[C@H](C)N(C)CC(=O)Nc1ccc(F)c(F)c1F. The molecule has 29 heavy (non-hydrogen) atoms. The number of hydrogen-bond donors (Lipinski definition) is 1. The Hall–Kier alpha value is -2.87. The van der Waals surface area contributed by atoms with Gasteiger partial charge in [0.05, 0.1) is 18.3 Å². The van der Waals surface area contributed by atoms with Crippen molar-refractivity contribution in [2.45, 2.75) is 26.4 Å². The summed E-state index contributed by atoms with van der Waals surface area (Å²) in [6.45, 7) is 4.25. The minimum atomic E-state index is -1.65. The summed E-state index contributed by atoms with van der Waals surface area (Å²) in [7, 11) is 1.58. The minimum absolute atomic E-state index is 0.161. The van der Waals surface area contributed by atoms with Crippen molar-refractivity contribution in [2.24, 2.45) is 0 Å². The van der Waals surface area contributed by atoms with E-state index in [0.717, 1.165) is 17.7 Å². The van der Waals surface area contributed by atoms with Gasteiger partial charge in [-0.1, -0.05) is 30.3 Å². The molecular weight excluding hydrogens is 383 g/mol. The Bertz CT molecular complexity index is 862. The van der Waals surface area contributed by atoms with Gasteiger partial charge in [0.2, 0.25) is 11.8 Å². The van der Waals surface area contributed by atoms with E-state index in [0.29, 0.717) is 13.1 Å². The Morgan fingerprint density at radius 2 is 1.69 bits per heavy atom. The number of likely N-dealkylation sites (N-methyl/N-ethyl adjacent to an activating group) is 2. The molecule has 0 aromatic heterocycles. The monoisotopic (exact) mass is 407 g/mol. The molecule has 0 aliphatic rings. The maximum absolute atomic E-state index is 13.7. The van der Waals surface area contributed by atoms with Gasteiger partial charge in [0, 0.05) is 13.1 Å². The molecule has 156 valence electrons. The van der Waals surface area contributed by atoms with Crippen molar-refractivity contribution in [2.75, 3.05) is 25.5 Å². The van der Waals surface area contributed by atoms with Crippen LogP contribution < -0.4 is 5.32 Å². The largest absolute Gasteiger partial charge is 0.337 e. The highest BCUT2D eigenvalue weighted by atomic mass is 19.2. The number of anilines is 1. The summed E-state index contributed by atoms with van der Waals surface area (Å²) < 4.78 is 40.0. The fourth-order valence-corrected chi connectivity index (χ4v) is 2.78. The quantitative estimate of drug-likeness (QED) is 0.683. The number of nitrogens with one attached hydrogen (secondary N) is 1. The lowest BCUT2D eigenvalue weighted by Gasteiger charge is -2.29. The maximum Gasteiger partial charge on any atom is 0.239 e. The van der Waals surface area contributed by atoms with Gasteiger partial charge >= 0.3 is 0 Å². The van der Waals surface area contributed by atoms with Crippen molar-refractivity contribution in [3.05, 3.63) is 65.5 Å². The first-order chi connectivity index (χ1) is 13.7. The summed E-state index contributed by atoms with van der Waals surface area (Å²) in [6, 6.07) is 10.6. The molecular formula is C21H24F3N3O2. The van der Waals surface area contributed by atoms with E-state index >= 15 is 0 Å². The Balaban J connectivity index is 1.97. The minimum Gasteiger partial charge on any atom is -0.337 e. The molecule has 0 unspecified atom stereocenters. The molecule has 2 aromatic rings. The van der Waals surface area contributed by atoms with Crippen LogP contribution in [0.2, 0.25) is 0 Å². The van der Waals surface area contributed by atoms with Gasteiger partial charge in [-0.05, 0) is 38.6 Å². The zero-order valence-corrected chi connectivity index (χ0v) is 16.6. The van der Waals surface area contributed by atoms with Gasteiger partial charge in [-0.25, -0.2) is 13.2 Å². The van der Waals surface area contributed by atoms with Crippen LogP contribution in [0.25, 0.3) is 0 Å². The van der Waals surface area contributed by atoms with Gasteiger partial charge in [-0.2, -0.15) is 0 Å². The molecule has 8 heteroatoms. The maximum atomic E-state index is 13.7. The average Bonchev–Trinajstić information content (AvgIpc) is 2.72. The fraction of sp³-hybridized carbons (Fsp3) is 0.333. The van der Waals surface area contributed by atoms with E-state index in [1.54, 1.807) is 18.9 Å². The number of hydrogen-bond acceptors (Lipinski definition) is 3. The van der Waals surface area contributed by atoms with E-state index < -0.39 is 35.1 Å². The number of carbonyl (C=O) groups is 2. The van der Waals surface area contributed by atoms with Crippen molar-refractivity contribution >= 4 is 17.5 Å². The Morgan fingerprint density at radius 3 is 2.31 bits per heavy atom. The lowest BCUT2D eigenvalue weighted by Crippen LogP contribution is -2.47. The van der Waals surface area contributed by atoms with Crippen LogP contribution in [-0.4, -0.2) is 47.8 Å². The van der Waals surface area contributed by atoms with Crippen molar-refractivity contribution in [1.82, 2.24) is 9.80 Å². The zero-order chi connectivity index (χ0) is 21.6. The second-order valence-corrected chi connectivity index (χ2v) is 6.70. The lowest BCUT2D eigenvalue weighted by atomic mass is 10.2. The molecule has 0 saturated heterocycles. The summed E-state index contributed by atoms with van der Waals surface area (Å²) >= 11 is 0. The molecule has 0 heterocycles. The van der Waals surface area contributed by atoms with Crippen LogP contribution in [0, 0.1) is 17.5 Å². The van der Waals surface area contributed by atoms with Gasteiger partial charge in [-0.15, -0.1) is 0 Å². The van der Waals surface area contributed by atoms with Gasteiger partial charge in [0.1, 0.15) is 0 Å². The fourth-order valence-electron chi connectivity index (χ4n) is 2.78. The Labute approximate surface area is 168 Å². The van der Waals surface area contributed by atoms with Gasteiger partial charge in [-0.3, -0.25) is 14.5 Å². The van der Waals surface area contributed by atoms with E-state index in [-0.39, 0.29) is 12.5 Å². The molecule has 0 spiro atoms. The molecule has 0 radical (unpaired) electrons. The van der Waals surface area contributed by atoms with Crippen molar-refractivity contribution in [1.29, 1.82) is 0 Å². The smallest absolute Gasteiger partial charge is 0.239 e. The molecule has 0 bridgehead atoms. The first kappa shape index (κ1) is 22.4. The molecule has 0 fully saturated rings. The molecule has 1 atom stereocenters. The summed E-state index contributed by atoms with van der Waals surface area (Å²) in [6.07, 6.45) is 0. The number of halogens is 3. The van der Waals surface area contributed by atoms with Crippen molar-refractivity contribution < 1.29 is 22.8 Å². The van der Waals surface area contributed by atoms with Gasteiger partial charge in [0.25, 0.3) is 0 Å². The van der Waals surface area contributed by atoms with Crippen LogP contribution in [0.1, 0.15) is 19.4 Å². The predicted octanol–water partition coefficient (Wildman–Crippen LogP) is 3.41. The molecule has 5 nitrogen and oxygen atoms in total. The number of carbonyl (C=O) groups excluding carboxylic acids is 2. The van der Waals surface area contributed by atoms with Crippen LogP contribution >= 0.6 is 0 Å². The van der Waals surface area contributed by atoms with E-state index in [1.807, 2.05) is 37.3 Å². The Kier molecular flexibility index (Phi) is 7.78. The van der Waals surface area contributed by atoms with E-state index in [2.05, 4.69) is 5.32 Å². The van der Waals surface area contributed by atoms with Crippen molar-refractivity contribution in [3.8, 4) is 0 Å². The molecule has 2 amide bonds. The molecule has 2 aromatic carbocycles. The second-order valence-electron chi connectivity index (χ2n) is 6.70. The number of nitrogens with zero attached hydrogens (tertiary/aromatic N) is 2. The van der Waals surface area contributed by atoms with E-state index in [4.69, 9.17) is 0 Å². The zero-order valence-electron chi connectivity index (χ0n) is 16.6. The standard InChI is InChI=1S/C21H24F3N3O2/c1-4-27(12-15-8-6-5-7-9-15)21(29)14(2)26(3)13-18(28)25-17-11-10-16(22)19(23)20(17)24/h5-11,14H,4,12-13H2,1-3H3,(H,25,28)/t14-/m0/s1. The van der Waals surface area contributed by atoms with Crippen LogP contribution in [0.4, 0.5) is 18.9 Å². The molecule has 0 aliphatic heterocycles. The first-order valence-corrected chi connectivity index (χ1v) is 9.20. The number of rotatable bonds is 8. The van der Waals surface area contributed by atoms with Crippen molar-refractivity contribution in [3.63, 3.8) is 0 Å². The third-order valence-corrected chi connectivity index (χ3v) is 4.63. The highest BCUT2D eigenvalue weighted by Crippen LogP contribution is 2.19. The van der Waals surface area contributed by atoms with Crippen LogP contribution in [-0.2, 0) is 16.1 Å². The van der Waals surface area contributed by atoms with Gasteiger partial charge < -0.3 is 10.2 Å². The summed E-state index contributed by atoms with van der Waals surface area (Å²) in [5.74, 6) is -5.27. The molecule has 1 N–H and O–H groups in total. The highest BCUT2D eigenvalue weighted by molar-refractivity contribution is 5.93. The Morgan fingerprint density at radius 1 is 1.03 bits per heavy atom. The lowest BCUT2D eigenvalue weighted by molar-refractivity contribution is -0.136. The summed E-state index contributed by atoms with van der Waals surface area (Å²) in [5.41, 5.74) is 0.532. The third-order valence-electron chi connectivity index (χ3n) is 4.63. The third kappa shape index (κ3) is 5.80. The van der Waals surface area contributed by atoms with Crippen LogP contribution in [0.5, 0.6) is 0 Å². The van der Waals surface area contributed by atoms with Crippen LogP contribution in [0.15, 0.2) is 42.5 Å². The summed E-state index contributed by atoms with van der Waals surface area (Å²) in [5, 5.41) is 2.20. The normalized spacial score (nSPS) is 12.0. The molecule has 2 rings (SSSR count).